The molecule has 2 aromatic carbocycles. The van der Waals surface area contributed by atoms with E-state index in [0.717, 1.165) is 0 Å². The van der Waals surface area contributed by atoms with Gasteiger partial charge in [0.1, 0.15) is 17.7 Å². The number of carbonyl (C=O) groups excluding carboxylic acids is 3. The van der Waals surface area contributed by atoms with Crippen molar-refractivity contribution in [2.24, 2.45) is 0 Å². The van der Waals surface area contributed by atoms with E-state index < -0.39 is 17.9 Å². The average Bonchev–Trinajstić information content (AvgIpc) is 3.17. The number of benzene rings is 2. The first-order chi connectivity index (χ1) is 14.5. The molecule has 0 radical (unpaired) electrons. The summed E-state index contributed by atoms with van der Waals surface area (Å²) in [6.07, 6.45) is 1.39. The zero-order chi connectivity index (χ0) is 21.3. The van der Waals surface area contributed by atoms with Gasteiger partial charge in [0.15, 0.2) is 0 Å². The summed E-state index contributed by atoms with van der Waals surface area (Å²) in [5, 5.41) is 9.67. The Balaban J connectivity index is 1.66. The third kappa shape index (κ3) is 3.52. The molecule has 1 aromatic heterocycles. The predicted octanol–water partition coefficient (Wildman–Crippen LogP) is 3.00. The number of para-hydroxylation sites is 1. The predicted molar refractivity (Wildman–Crippen MR) is 106 cm³/mol. The number of carbonyl (C=O) groups is 3. The molecule has 2 amide bonds. The highest BCUT2D eigenvalue weighted by atomic mass is 19.1. The lowest BCUT2D eigenvalue weighted by Gasteiger charge is -2.25. The normalized spacial score (nSPS) is 15.1. The van der Waals surface area contributed by atoms with Crippen molar-refractivity contribution in [1.82, 2.24) is 9.78 Å². The van der Waals surface area contributed by atoms with Crippen LogP contribution in [0.25, 0.3) is 11.1 Å². The number of nitrogens with zero attached hydrogens (tertiary/aromatic N) is 2. The monoisotopic (exact) mass is 408 g/mol. The Hall–Kier alpha value is -4.01. The molecular weight excluding hydrogens is 391 g/mol. The number of ether oxygens (including phenoxy) is 1. The van der Waals surface area contributed by atoms with Gasteiger partial charge in [-0.1, -0.05) is 24.3 Å². The van der Waals surface area contributed by atoms with E-state index >= 15 is 0 Å². The van der Waals surface area contributed by atoms with Crippen molar-refractivity contribution in [2.45, 2.75) is 12.5 Å². The van der Waals surface area contributed by atoms with Crippen LogP contribution in [-0.4, -0.2) is 34.7 Å². The minimum absolute atomic E-state index is 0.121. The van der Waals surface area contributed by atoms with Crippen molar-refractivity contribution in [3.63, 3.8) is 0 Å². The first-order valence-electron chi connectivity index (χ1n) is 9.09. The number of esters is 1. The van der Waals surface area contributed by atoms with Crippen molar-refractivity contribution >= 4 is 29.3 Å². The van der Waals surface area contributed by atoms with Crippen LogP contribution in [0.5, 0.6) is 0 Å². The number of rotatable bonds is 4. The number of fused-ring (bicyclic) bond motifs is 1. The van der Waals surface area contributed by atoms with E-state index in [4.69, 9.17) is 4.74 Å². The van der Waals surface area contributed by atoms with Gasteiger partial charge in [0.2, 0.25) is 11.8 Å². The maximum absolute atomic E-state index is 13.2. The second-order valence-electron chi connectivity index (χ2n) is 6.65. The van der Waals surface area contributed by atoms with Gasteiger partial charge in [0.05, 0.1) is 31.0 Å². The van der Waals surface area contributed by atoms with E-state index in [1.54, 1.807) is 30.3 Å². The van der Waals surface area contributed by atoms with E-state index in [9.17, 15) is 18.8 Å². The van der Waals surface area contributed by atoms with Crippen LogP contribution in [0.15, 0.2) is 54.7 Å². The number of anilines is 2. The molecule has 0 fully saturated rings. The van der Waals surface area contributed by atoms with Crippen molar-refractivity contribution in [2.75, 3.05) is 17.7 Å². The summed E-state index contributed by atoms with van der Waals surface area (Å²) >= 11 is 0. The molecule has 2 N–H and O–H groups in total. The van der Waals surface area contributed by atoms with Crippen LogP contribution in [0.4, 0.5) is 15.9 Å². The lowest BCUT2D eigenvalue weighted by molar-refractivity contribution is -0.125. The minimum Gasteiger partial charge on any atom is -0.465 e. The molecule has 3 aromatic rings. The average molecular weight is 408 g/mol. The van der Waals surface area contributed by atoms with Crippen molar-refractivity contribution in [3.05, 3.63) is 66.1 Å². The highest BCUT2D eigenvalue weighted by Gasteiger charge is 2.33. The summed E-state index contributed by atoms with van der Waals surface area (Å²) < 4.78 is 19.4. The van der Waals surface area contributed by atoms with Gasteiger partial charge in [-0.2, -0.15) is 5.10 Å². The molecule has 1 aliphatic rings. The van der Waals surface area contributed by atoms with Crippen molar-refractivity contribution < 1.29 is 23.5 Å². The fourth-order valence-electron chi connectivity index (χ4n) is 3.31. The van der Waals surface area contributed by atoms with Crippen LogP contribution in [0.2, 0.25) is 0 Å². The second kappa shape index (κ2) is 7.78. The number of hydrogen-bond donors (Lipinski definition) is 2. The quantitative estimate of drug-likeness (QED) is 0.646. The summed E-state index contributed by atoms with van der Waals surface area (Å²) in [6.45, 7) is 0. The summed E-state index contributed by atoms with van der Waals surface area (Å²) in [4.78, 5) is 37.2. The topological polar surface area (TPSA) is 102 Å². The maximum atomic E-state index is 13.2. The van der Waals surface area contributed by atoms with Gasteiger partial charge in [-0.15, -0.1) is 0 Å². The maximum Gasteiger partial charge on any atom is 0.339 e. The fourth-order valence-corrected chi connectivity index (χ4v) is 3.31. The van der Waals surface area contributed by atoms with Crippen molar-refractivity contribution in [3.8, 4) is 11.1 Å². The zero-order valence-electron chi connectivity index (χ0n) is 15.9. The van der Waals surface area contributed by atoms with Crippen LogP contribution in [-0.2, 0) is 14.3 Å². The van der Waals surface area contributed by atoms with Crippen LogP contribution in [0, 0.1) is 5.82 Å². The number of nitrogens with one attached hydrogen (secondary N) is 2. The lowest BCUT2D eigenvalue weighted by atomic mass is 10.1. The molecule has 8 nitrogen and oxygen atoms in total. The zero-order valence-corrected chi connectivity index (χ0v) is 15.9. The lowest BCUT2D eigenvalue weighted by Crippen LogP contribution is -2.36. The van der Waals surface area contributed by atoms with Crippen LogP contribution in [0.1, 0.15) is 22.8 Å². The third-order valence-corrected chi connectivity index (χ3v) is 4.78. The van der Waals surface area contributed by atoms with Crippen LogP contribution < -0.4 is 10.6 Å². The Morgan fingerprint density at radius 3 is 2.67 bits per heavy atom. The highest BCUT2D eigenvalue weighted by molar-refractivity contribution is 6.05. The van der Waals surface area contributed by atoms with Gasteiger partial charge >= 0.3 is 5.97 Å². The molecule has 0 spiro atoms. The van der Waals surface area contributed by atoms with E-state index in [2.05, 4.69) is 15.7 Å². The Morgan fingerprint density at radius 2 is 1.93 bits per heavy atom. The molecule has 1 atom stereocenters. The largest absolute Gasteiger partial charge is 0.465 e. The van der Waals surface area contributed by atoms with Gasteiger partial charge in [-0.05, 0) is 29.8 Å². The van der Waals surface area contributed by atoms with Gasteiger partial charge < -0.3 is 15.4 Å². The highest BCUT2D eigenvalue weighted by Crippen LogP contribution is 2.34. The Labute approximate surface area is 170 Å². The SMILES string of the molecule is COC(=O)c1ccccc1NC(=O)C1CC(=O)Nc2c(-c3ccc(F)cc3)cnn21. The molecular formula is C21H17FN4O4. The van der Waals surface area contributed by atoms with E-state index in [-0.39, 0.29) is 29.4 Å². The molecule has 152 valence electrons. The molecule has 0 aliphatic carbocycles. The van der Waals surface area contributed by atoms with Crippen LogP contribution >= 0.6 is 0 Å². The first kappa shape index (κ1) is 19.3. The Morgan fingerprint density at radius 1 is 1.20 bits per heavy atom. The summed E-state index contributed by atoms with van der Waals surface area (Å²) in [6, 6.07) is 11.2. The second-order valence-corrected chi connectivity index (χ2v) is 6.65. The standard InChI is InChI=1S/C21H17FN4O4/c1-30-21(29)14-4-2-3-5-16(14)24-20(28)17-10-18(27)25-19-15(11-23-26(17)19)12-6-8-13(22)9-7-12/h2-9,11,17H,10H2,1H3,(H,24,28)(H,25,27). The molecule has 9 heteroatoms. The molecule has 1 aliphatic heterocycles. The molecule has 4 rings (SSSR count). The molecule has 0 saturated carbocycles. The number of aromatic nitrogens is 2. The molecule has 0 saturated heterocycles. The van der Waals surface area contributed by atoms with Gasteiger partial charge in [0, 0.05) is 5.56 Å². The van der Waals surface area contributed by atoms with E-state index in [1.807, 2.05) is 0 Å². The first-order valence-corrected chi connectivity index (χ1v) is 9.09. The van der Waals surface area contributed by atoms with E-state index in [0.29, 0.717) is 16.9 Å². The van der Waals surface area contributed by atoms with Gasteiger partial charge in [0.25, 0.3) is 0 Å². The fraction of sp³-hybridized carbons (Fsp3) is 0.143. The van der Waals surface area contributed by atoms with E-state index in [1.165, 1.54) is 36.2 Å². The molecule has 2 heterocycles. The van der Waals surface area contributed by atoms with Gasteiger partial charge in [-0.3, -0.25) is 9.59 Å². The van der Waals surface area contributed by atoms with Gasteiger partial charge in [-0.25, -0.2) is 13.9 Å². The number of amides is 2. The Bertz CT molecular complexity index is 1140. The smallest absolute Gasteiger partial charge is 0.339 e. The van der Waals surface area contributed by atoms with Crippen LogP contribution in [0.3, 0.4) is 0 Å². The minimum atomic E-state index is -0.923. The number of methoxy groups -OCH3 is 1. The summed E-state index contributed by atoms with van der Waals surface area (Å²) in [5.74, 6) is -1.49. The number of halogens is 1. The third-order valence-electron chi connectivity index (χ3n) is 4.78. The summed E-state index contributed by atoms with van der Waals surface area (Å²) in [7, 11) is 1.25. The molecule has 30 heavy (non-hydrogen) atoms. The molecule has 1 unspecified atom stereocenters. The number of hydrogen-bond acceptors (Lipinski definition) is 5. The summed E-state index contributed by atoms with van der Waals surface area (Å²) in [5.41, 5.74) is 1.68. The van der Waals surface area contributed by atoms with Crippen molar-refractivity contribution in [1.29, 1.82) is 0 Å². The Kier molecular flexibility index (Phi) is 5.01. The molecule has 0 bridgehead atoms.